The zero-order chi connectivity index (χ0) is 14.1. The Balaban J connectivity index is 1.60. The van der Waals surface area contributed by atoms with Crippen molar-refractivity contribution in [2.45, 2.75) is 45.1 Å². The Morgan fingerprint density at radius 2 is 2.20 bits per heavy atom. The lowest BCUT2D eigenvalue weighted by molar-refractivity contribution is -0.129. The molecule has 6 heteroatoms. The number of aryl methyl sites for hydroxylation is 1. The van der Waals surface area contributed by atoms with Crippen LogP contribution in [0.4, 0.5) is 5.82 Å². The number of nitrogens with one attached hydrogen (secondary N) is 1. The monoisotopic (exact) mass is 277 g/mol. The second-order valence-corrected chi connectivity index (χ2v) is 5.70. The molecule has 1 aromatic heterocycles. The normalized spacial score (nSPS) is 23.6. The smallest absolute Gasteiger partial charge is 0.231 e. The van der Waals surface area contributed by atoms with Gasteiger partial charge in [-0.15, -0.1) is 0 Å². The van der Waals surface area contributed by atoms with Crippen LogP contribution in [0.5, 0.6) is 0 Å². The highest BCUT2D eigenvalue weighted by molar-refractivity contribution is 5.96. The molecule has 1 N–H and O–H groups in total. The Hall–Kier alpha value is -1.85. The molecule has 20 heavy (non-hydrogen) atoms. The average Bonchev–Trinajstić information content (AvgIpc) is 3.10. The van der Waals surface area contributed by atoms with Crippen LogP contribution in [-0.2, 0) is 9.59 Å². The highest BCUT2D eigenvalue weighted by atomic mass is 16.5. The average molecular weight is 277 g/mol. The van der Waals surface area contributed by atoms with E-state index in [-0.39, 0.29) is 17.7 Å². The number of hydrogen-bond donors (Lipinski definition) is 1. The summed E-state index contributed by atoms with van der Waals surface area (Å²) in [6.45, 7) is 2.30. The number of likely N-dealkylation sites (tertiary alicyclic amines) is 1. The fourth-order valence-electron chi connectivity index (χ4n) is 3.13. The minimum atomic E-state index is -0.278. The molecule has 1 aliphatic carbocycles. The van der Waals surface area contributed by atoms with Crippen molar-refractivity contribution in [2.75, 3.05) is 11.9 Å². The molecule has 1 atom stereocenters. The van der Waals surface area contributed by atoms with Gasteiger partial charge in [-0.3, -0.25) is 9.59 Å². The van der Waals surface area contributed by atoms with E-state index in [4.69, 9.17) is 4.52 Å². The number of anilines is 1. The fraction of sp³-hybridized carbons (Fsp3) is 0.643. The Labute approximate surface area is 117 Å². The number of rotatable bonds is 3. The van der Waals surface area contributed by atoms with Crippen LogP contribution in [0.2, 0.25) is 0 Å². The van der Waals surface area contributed by atoms with Crippen molar-refractivity contribution in [3.63, 3.8) is 0 Å². The van der Waals surface area contributed by atoms with Gasteiger partial charge in [-0.1, -0.05) is 18.0 Å². The standard InChI is InChI=1S/C14H19N3O3/c1-9-6-12(16-20-9)15-14(19)10-7-13(18)17(8-10)11-4-2-3-5-11/h6,10-11H,2-5,7-8H2,1H3,(H,15,16,19)/t10-/m0/s1. The fourth-order valence-corrected chi connectivity index (χ4v) is 3.13. The Morgan fingerprint density at radius 1 is 1.45 bits per heavy atom. The van der Waals surface area contributed by atoms with Crippen LogP contribution in [0.25, 0.3) is 0 Å². The minimum absolute atomic E-state index is 0.105. The Bertz CT molecular complexity index is 519. The molecule has 0 radical (unpaired) electrons. The summed E-state index contributed by atoms with van der Waals surface area (Å²) in [6.07, 6.45) is 4.82. The van der Waals surface area contributed by atoms with Crippen LogP contribution >= 0.6 is 0 Å². The number of nitrogens with zero attached hydrogens (tertiary/aromatic N) is 2. The van der Waals surface area contributed by atoms with E-state index in [0.29, 0.717) is 30.6 Å². The molecule has 108 valence electrons. The van der Waals surface area contributed by atoms with Gasteiger partial charge in [0.1, 0.15) is 5.76 Å². The molecule has 2 fully saturated rings. The van der Waals surface area contributed by atoms with E-state index >= 15 is 0 Å². The van der Waals surface area contributed by atoms with Gasteiger partial charge in [-0.25, -0.2) is 0 Å². The van der Waals surface area contributed by atoms with E-state index in [1.807, 2.05) is 4.90 Å². The SMILES string of the molecule is Cc1cc(NC(=O)[C@H]2CC(=O)N(C3CCCC3)C2)no1. The van der Waals surface area contributed by atoms with Crippen molar-refractivity contribution in [1.29, 1.82) is 0 Å². The van der Waals surface area contributed by atoms with E-state index in [0.717, 1.165) is 12.8 Å². The topological polar surface area (TPSA) is 75.4 Å². The first-order valence-corrected chi connectivity index (χ1v) is 7.17. The Morgan fingerprint density at radius 3 is 2.85 bits per heavy atom. The highest BCUT2D eigenvalue weighted by Crippen LogP contribution is 2.29. The van der Waals surface area contributed by atoms with Gasteiger partial charge in [0, 0.05) is 25.1 Å². The molecule has 0 spiro atoms. The van der Waals surface area contributed by atoms with E-state index in [2.05, 4.69) is 10.5 Å². The van der Waals surface area contributed by atoms with E-state index < -0.39 is 0 Å². The summed E-state index contributed by atoms with van der Waals surface area (Å²) in [6, 6.07) is 2.01. The first-order valence-electron chi connectivity index (χ1n) is 7.17. The minimum Gasteiger partial charge on any atom is -0.360 e. The zero-order valence-corrected chi connectivity index (χ0v) is 11.6. The summed E-state index contributed by atoms with van der Waals surface area (Å²) < 4.78 is 4.91. The van der Waals surface area contributed by atoms with Crippen molar-refractivity contribution in [1.82, 2.24) is 10.1 Å². The summed E-state index contributed by atoms with van der Waals surface area (Å²) in [5.41, 5.74) is 0. The Kier molecular flexibility index (Phi) is 3.46. The molecule has 6 nitrogen and oxygen atoms in total. The molecule has 2 heterocycles. The molecular formula is C14H19N3O3. The van der Waals surface area contributed by atoms with Crippen LogP contribution in [0.1, 0.15) is 37.9 Å². The lowest BCUT2D eigenvalue weighted by Gasteiger charge is -2.23. The van der Waals surface area contributed by atoms with Gasteiger partial charge in [0.2, 0.25) is 11.8 Å². The van der Waals surface area contributed by atoms with Gasteiger partial charge in [0.05, 0.1) is 5.92 Å². The molecule has 1 aliphatic heterocycles. The van der Waals surface area contributed by atoms with Crippen LogP contribution in [-0.4, -0.2) is 34.5 Å². The molecule has 1 saturated heterocycles. The maximum atomic E-state index is 12.2. The number of amides is 2. The lowest BCUT2D eigenvalue weighted by Crippen LogP contribution is -2.35. The van der Waals surface area contributed by atoms with E-state index in [1.165, 1.54) is 12.8 Å². The lowest BCUT2D eigenvalue weighted by atomic mass is 10.1. The van der Waals surface area contributed by atoms with Crippen LogP contribution < -0.4 is 5.32 Å². The second kappa shape index (κ2) is 5.26. The van der Waals surface area contributed by atoms with Gasteiger partial charge >= 0.3 is 0 Å². The second-order valence-electron chi connectivity index (χ2n) is 5.70. The molecule has 3 rings (SSSR count). The molecule has 1 saturated carbocycles. The van der Waals surface area contributed by atoms with Crippen molar-refractivity contribution >= 4 is 17.6 Å². The number of carbonyl (C=O) groups is 2. The first-order chi connectivity index (χ1) is 9.63. The summed E-state index contributed by atoms with van der Waals surface area (Å²) in [7, 11) is 0. The van der Waals surface area contributed by atoms with Gasteiger partial charge in [0.25, 0.3) is 0 Å². The number of hydrogen-bond acceptors (Lipinski definition) is 4. The summed E-state index contributed by atoms with van der Waals surface area (Å²) in [5, 5.41) is 6.45. The maximum Gasteiger partial charge on any atom is 0.231 e. The zero-order valence-electron chi connectivity index (χ0n) is 11.6. The van der Waals surface area contributed by atoms with Gasteiger partial charge in [-0.2, -0.15) is 0 Å². The van der Waals surface area contributed by atoms with Crippen molar-refractivity contribution in [3.8, 4) is 0 Å². The molecule has 1 aromatic rings. The number of carbonyl (C=O) groups excluding carboxylic acids is 2. The first kappa shape index (κ1) is 13.1. The third kappa shape index (κ3) is 2.55. The van der Waals surface area contributed by atoms with Gasteiger partial charge in [0.15, 0.2) is 5.82 Å². The highest BCUT2D eigenvalue weighted by Gasteiger charge is 2.38. The van der Waals surface area contributed by atoms with Crippen LogP contribution in [0.3, 0.4) is 0 Å². The third-order valence-electron chi connectivity index (χ3n) is 4.17. The summed E-state index contributed by atoms with van der Waals surface area (Å²) in [5.74, 6) is 0.746. The molecule has 0 bridgehead atoms. The van der Waals surface area contributed by atoms with Crippen molar-refractivity contribution in [2.24, 2.45) is 5.92 Å². The van der Waals surface area contributed by atoms with E-state index in [1.54, 1.807) is 13.0 Å². The predicted octanol–water partition coefficient (Wildman–Crippen LogP) is 1.71. The molecule has 0 unspecified atom stereocenters. The summed E-state index contributed by atoms with van der Waals surface area (Å²) in [4.78, 5) is 26.1. The molecule has 2 amide bonds. The largest absolute Gasteiger partial charge is 0.360 e. The molecule has 0 aromatic carbocycles. The van der Waals surface area contributed by atoms with Crippen LogP contribution in [0, 0.1) is 12.8 Å². The quantitative estimate of drug-likeness (QED) is 0.912. The van der Waals surface area contributed by atoms with E-state index in [9.17, 15) is 9.59 Å². The van der Waals surface area contributed by atoms with Gasteiger partial charge < -0.3 is 14.7 Å². The predicted molar refractivity (Wildman–Crippen MR) is 71.9 cm³/mol. The molecular weight excluding hydrogens is 258 g/mol. The van der Waals surface area contributed by atoms with Crippen LogP contribution in [0.15, 0.2) is 10.6 Å². The summed E-state index contributed by atoms with van der Waals surface area (Å²) >= 11 is 0. The van der Waals surface area contributed by atoms with Crippen molar-refractivity contribution in [3.05, 3.63) is 11.8 Å². The third-order valence-corrected chi connectivity index (χ3v) is 4.17. The van der Waals surface area contributed by atoms with Gasteiger partial charge in [-0.05, 0) is 19.8 Å². The van der Waals surface area contributed by atoms with Crippen molar-refractivity contribution < 1.29 is 14.1 Å². The maximum absolute atomic E-state index is 12.2. The molecule has 2 aliphatic rings. The number of aromatic nitrogens is 1.